The molecule has 2 amide bonds. The lowest BCUT2D eigenvalue weighted by Crippen LogP contribution is -2.50. The van der Waals surface area contributed by atoms with E-state index in [1.165, 1.54) is 11.6 Å². The second-order valence-corrected chi connectivity index (χ2v) is 7.98. The lowest BCUT2D eigenvalue weighted by molar-refractivity contribution is -0.136. The summed E-state index contributed by atoms with van der Waals surface area (Å²) >= 11 is 0. The van der Waals surface area contributed by atoms with Crippen LogP contribution in [0.1, 0.15) is 37.2 Å². The zero-order valence-corrected chi connectivity index (χ0v) is 16.3. The van der Waals surface area contributed by atoms with Crippen LogP contribution in [-0.2, 0) is 9.59 Å². The Bertz CT molecular complexity index is 824. The molecule has 148 valence electrons. The van der Waals surface area contributed by atoms with Gasteiger partial charge in [-0.2, -0.15) is 0 Å². The van der Waals surface area contributed by atoms with Gasteiger partial charge in [0.25, 0.3) is 5.91 Å². The normalized spacial score (nSPS) is 24.3. The summed E-state index contributed by atoms with van der Waals surface area (Å²) in [7, 11) is 2.16. The molecule has 0 radical (unpaired) electrons. The van der Waals surface area contributed by atoms with E-state index in [4.69, 9.17) is 4.74 Å². The molecule has 1 aromatic rings. The summed E-state index contributed by atoms with van der Waals surface area (Å²) in [6.45, 7) is 6.33. The number of nitrogens with one attached hydrogen (secondary N) is 1. The van der Waals surface area contributed by atoms with Crippen molar-refractivity contribution in [3.05, 3.63) is 53.9 Å². The van der Waals surface area contributed by atoms with E-state index in [1.807, 2.05) is 12.1 Å². The van der Waals surface area contributed by atoms with Crippen LogP contribution in [-0.4, -0.2) is 54.3 Å². The summed E-state index contributed by atoms with van der Waals surface area (Å²) in [5, 5.41) is 2.74. The number of ether oxygens (including phenoxy) is 1. The number of hydrogen-bond acceptors (Lipinski definition) is 4. The Morgan fingerprint density at radius 1 is 1.18 bits per heavy atom. The largest absolute Gasteiger partial charge is 0.460 e. The molecule has 0 spiro atoms. The molecule has 6 heteroatoms. The number of benzene rings is 1. The predicted molar refractivity (Wildman–Crippen MR) is 107 cm³/mol. The number of carbonyl (C=O) groups excluding carboxylic acids is 2. The molecule has 1 unspecified atom stereocenters. The quantitative estimate of drug-likeness (QED) is 0.870. The number of allylic oxidation sites excluding steroid dienone is 1. The van der Waals surface area contributed by atoms with Gasteiger partial charge in [-0.05, 0) is 69.4 Å². The van der Waals surface area contributed by atoms with Crippen LogP contribution in [0.5, 0.6) is 5.75 Å². The lowest BCUT2D eigenvalue weighted by Gasteiger charge is -2.31. The van der Waals surface area contributed by atoms with Crippen molar-refractivity contribution in [1.82, 2.24) is 15.1 Å². The van der Waals surface area contributed by atoms with Crippen LogP contribution in [0.4, 0.5) is 0 Å². The summed E-state index contributed by atoms with van der Waals surface area (Å²) in [4.78, 5) is 28.6. The molecule has 6 nitrogen and oxygen atoms in total. The molecule has 3 aliphatic heterocycles. The van der Waals surface area contributed by atoms with Crippen LogP contribution in [0.15, 0.2) is 48.4 Å². The Balaban J connectivity index is 1.40. The number of rotatable bonds is 4. The number of likely N-dealkylation sites (tertiary alicyclic amines) is 1. The third kappa shape index (κ3) is 3.97. The van der Waals surface area contributed by atoms with Gasteiger partial charge in [0.2, 0.25) is 5.91 Å². The lowest BCUT2D eigenvalue weighted by atomic mass is 9.89. The van der Waals surface area contributed by atoms with Crippen molar-refractivity contribution in [3.63, 3.8) is 0 Å². The van der Waals surface area contributed by atoms with E-state index >= 15 is 0 Å². The number of nitrogens with zero attached hydrogens (tertiary/aromatic N) is 2. The minimum atomic E-state index is -0.457. The van der Waals surface area contributed by atoms with Crippen molar-refractivity contribution in [2.45, 2.75) is 37.6 Å². The molecule has 4 rings (SSSR count). The molecule has 1 atom stereocenters. The Labute approximate surface area is 165 Å². The fourth-order valence-electron chi connectivity index (χ4n) is 4.22. The molecule has 28 heavy (non-hydrogen) atoms. The Hall–Kier alpha value is -2.60. The van der Waals surface area contributed by atoms with Crippen LogP contribution in [0.2, 0.25) is 0 Å². The Morgan fingerprint density at radius 3 is 2.71 bits per heavy atom. The first kappa shape index (κ1) is 18.7. The first-order chi connectivity index (χ1) is 13.5. The standard InChI is InChI=1S/C22H27N3O3/c1-15-6-7-20(22(27)23-15)25-14-19(13-21(25)26)28-18-5-3-4-17(12-18)16-8-10-24(2)11-9-16/h3-5,12-13,16,20H,1,6-11,14H2,2H3,(H,23,27). The molecule has 2 saturated heterocycles. The molecule has 3 heterocycles. The molecule has 1 N–H and O–H groups in total. The molecule has 0 bridgehead atoms. The van der Waals surface area contributed by atoms with E-state index in [2.05, 4.69) is 36.0 Å². The average molecular weight is 381 g/mol. The maximum Gasteiger partial charge on any atom is 0.251 e. The summed E-state index contributed by atoms with van der Waals surface area (Å²) in [5.41, 5.74) is 2.00. The third-order valence-electron chi connectivity index (χ3n) is 5.89. The monoisotopic (exact) mass is 381 g/mol. The highest BCUT2D eigenvalue weighted by molar-refractivity contribution is 5.96. The first-order valence-electron chi connectivity index (χ1n) is 9.96. The minimum Gasteiger partial charge on any atom is -0.460 e. The highest BCUT2D eigenvalue weighted by atomic mass is 16.5. The fraction of sp³-hybridized carbons (Fsp3) is 0.455. The number of piperidine rings is 2. The van der Waals surface area contributed by atoms with E-state index in [0.29, 0.717) is 36.8 Å². The van der Waals surface area contributed by atoms with Crippen molar-refractivity contribution in [2.75, 3.05) is 26.7 Å². The highest BCUT2D eigenvalue weighted by Gasteiger charge is 2.36. The van der Waals surface area contributed by atoms with Gasteiger partial charge < -0.3 is 19.9 Å². The van der Waals surface area contributed by atoms with E-state index in [1.54, 1.807) is 4.90 Å². The van der Waals surface area contributed by atoms with Gasteiger partial charge >= 0.3 is 0 Å². The molecule has 0 aromatic heterocycles. The van der Waals surface area contributed by atoms with Crippen molar-refractivity contribution < 1.29 is 14.3 Å². The number of hydrogen-bond donors (Lipinski definition) is 1. The zero-order chi connectivity index (χ0) is 19.7. The van der Waals surface area contributed by atoms with Gasteiger partial charge in [0.1, 0.15) is 17.6 Å². The summed E-state index contributed by atoms with van der Waals surface area (Å²) in [5.74, 6) is 1.55. The van der Waals surface area contributed by atoms with E-state index in [9.17, 15) is 9.59 Å². The van der Waals surface area contributed by atoms with Gasteiger partial charge in [-0.3, -0.25) is 9.59 Å². The number of carbonyl (C=O) groups is 2. The smallest absolute Gasteiger partial charge is 0.251 e. The van der Waals surface area contributed by atoms with E-state index in [0.717, 1.165) is 31.7 Å². The van der Waals surface area contributed by atoms with E-state index < -0.39 is 6.04 Å². The molecule has 2 fully saturated rings. The maximum absolute atomic E-state index is 12.4. The van der Waals surface area contributed by atoms with Gasteiger partial charge in [0.15, 0.2) is 0 Å². The van der Waals surface area contributed by atoms with Crippen LogP contribution >= 0.6 is 0 Å². The van der Waals surface area contributed by atoms with Crippen molar-refractivity contribution >= 4 is 11.8 Å². The Kier molecular flexibility index (Phi) is 5.22. The molecule has 0 saturated carbocycles. The van der Waals surface area contributed by atoms with Crippen LogP contribution in [0, 0.1) is 0 Å². The maximum atomic E-state index is 12.4. The number of amides is 2. The van der Waals surface area contributed by atoms with Gasteiger partial charge in [-0.1, -0.05) is 18.7 Å². The highest BCUT2D eigenvalue weighted by Crippen LogP contribution is 2.31. The zero-order valence-electron chi connectivity index (χ0n) is 16.3. The second kappa shape index (κ2) is 7.80. The van der Waals surface area contributed by atoms with Crippen molar-refractivity contribution in [3.8, 4) is 5.75 Å². The summed E-state index contributed by atoms with van der Waals surface area (Å²) in [6, 6.07) is 7.71. The first-order valence-corrected chi connectivity index (χ1v) is 9.96. The van der Waals surface area contributed by atoms with Gasteiger partial charge in [0, 0.05) is 11.8 Å². The van der Waals surface area contributed by atoms with Crippen molar-refractivity contribution in [1.29, 1.82) is 0 Å². The fourth-order valence-corrected chi connectivity index (χ4v) is 4.22. The SMILES string of the molecule is C=C1CCC(N2CC(Oc3cccc(C4CCN(C)CC4)c3)=CC2=O)C(=O)N1. The van der Waals surface area contributed by atoms with Gasteiger partial charge in [-0.25, -0.2) is 0 Å². The topological polar surface area (TPSA) is 61.9 Å². The second-order valence-electron chi connectivity index (χ2n) is 7.98. The van der Waals surface area contributed by atoms with Gasteiger partial charge in [0.05, 0.1) is 6.54 Å². The molecule has 0 aliphatic carbocycles. The molecular formula is C22H27N3O3. The average Bonchev–Trinajstić information content (AvgIpc) is 3.02. The van der Waals surface area contributed by atoms with Crippen LogP contribution in [0.3, 0.4) is 0 Å². The molecule has 1 aromatic carbocycles. The molecular weight excluding hydrogens is 354 g/mol. The predicted octanol–water partition coefficient (Wildman–Crippen LogP) is 2.39. The minimum absolute atomic E-state index is 0.163. The summed E-state index contributed by atoms with van der Waals surface area (Å²) < 4.78 is 6.01. The molecule has 3 aliphatic rings. The summed E-state index contributed by atoms with van der Waals surface area (Å²) in [6.07, 6.45) is 5.09. The Morgan fingerprint density at radius 2 is 1.96 bits per heavy atom. The van der Waals surface area contributed by atoms with Crippen LogP contribution in [0.25, 0.3) is 0 Å². The van der Waals surface area contributed by atoms with E-state index in [-0.39, 0.29) is 11.8 Å². The van der Waals surface area contributed by atoms with Crippen LogP contribution < -0.4 is 10.1 Å². The van der Waals surface area contributed by atoms with Crippen molar-refractivity contribution in [2.24, 2.45) is 0 Å². The third-order valence-corrected chi connectivity index (χ3v) is 5.89. The van der Waals surface area contributed by atoms with Gasteiger partial charge in [-0.15, -0.1) is 0 Å².